The molecule has 1 aliphatic rings. The second kappa shape index (κ2) is 6.55. The van der Waals surface area contributed by atoms with Gasteiger partial charge in [-0.25, -0.2) is 4.79 Å². The summed E-state index contributed by atoms with van der Waals surface area (Å²) in [7, 11) is 0. The van der Waals surface area contributed by atoms with E-state index in [1.165, 1.54) is 0 Å². The third-order valence-corrected chi connectivity index (χ3v) is 3.96. The number of hydrogen-bond donors (Lipinski definition) is 1. The molecule has 0 bridgehead atoms. The van der Waals surface area contributed by atoms with Crippen molar-refractivity contribution >= 4 is 11.7 Å². The van der Waals surface area contributed by atoms with Crippen molar-refractivity contribution in [1.82, 2.24) is 0 Å². The average Bonchev–Trinajstić information content (AvgIpc) is 3.01. The number of carbonyl (C=O) groups is 1. The lowest BCUT2D eigenvalue weighted by atomic mass is 9.98. The van der Waals surface area contributed by atoms with Gasteiger partial charge in [0.1, 0.15) is 6.10 Å². The zero-order chi connectivity index (χ0) is 17.2. The Kier molecular flexibility index (Phi) is 4.46. The molecule has 3 nitrogen and oxygen atoms in total. The van der Waals surface area contributed by atoms with Crippen molar-refractivity contribution in [2.75, 3.05) is 11.9 Å². The van der Waals surface area contributed by atoms with Crippen molar-refractivity contribution in [1.29, 1.82) is 0 Å². The van der Waals surface area contributed by atoms with Crippen LogP contribution in [0.5, 0.6) is 0 Å². The minimum absolute atomic E-state index is 0.189. The van der Waals surface area contributed by atoms with Gasteiger partial charge in [0, 0.05) is 18.7 Å². The third-order valence-electron chi connectivity index (χ3n) is 3.96. The SMILES string of the molecule is O=C(OC(Cc1ccccc1)c1ccc2c(c1)CCN2)C(F)(F)F. The number of anilines is 1. The van der Waals surface area contributed by atoms with Gasteiger partial charge >= 0.3 is 12.1 Å². The van der Waals surface area contributed by atoms with Gasteiger partial charge in [0.25, 0.3) is 0 Å². The van der Waals surface area contributed by atoms with Crippen molar-refractivity contribution in [2.45, 2.75) is 25.1 Å². The van der Waals surface area contributed by atoms with Crippen LogP contribution >= 0.6 is 0 Å². The van der Waals surface area contributed by atoms with E-state index in [0.717, 1.165) is 29.8 Å². The van der Waals surface area contributed by atoms with Crippen LogP contribution in [0.25, 0.3) is 0 Å². The van der Waals surface area contributed by atoms with Crippen LogP contribution < -0.4 is 5.32 Å². The van der Waals surface area contributed by atoms with Crippen molar-refractivity contribution in [3.63, 3.8) is 0 Å². The quantitative estimate of drug-likeness (QED) is 0.857. The van der Waals surface area contributed by atoms with E-state index in [0.29, 0.717) is 5.56 Å². The first-order chi connectivity index (χ1) is 11.4. The molecule has 0 saturated heterocycles. The van der Waals surface area contributed by atoms with Gasteiger partial charge in [-0.05, 0) is 35.2 Å². The lowest BCUT2D eigenvalue weighted by molar-refractivity contribution is -0.205. The first kappa shape index (κ1) is 16.4. The summed E-state index contributed by atoms with van der Waals surface area (Å²) in [5, 5.41) is 3.19. The van der Waals surface area contributed by atoms with Crippen LogP contribution in [0.15, 0.2) is 48.5 Å². The van der Waals surface area contributed by atoms with E-state index >= 15 is 0 Å². The normalized spacial score (nSPS) is 14.6. The summed E-state index contributed by atoms with van der Waals surface area (Å²) in [6.07, 6.45) is -5.00. The lowest BCUT2D eigenvalue weighted by Crippen LogP contribution is -2.28. The maximum absolute atomic E-state index is 12.6. The molecule has 0 amide bonds. The Morgan fingerprint density at radius 2 is 1.92 bits per heavy atom. The Hall–Kier alpha value is -2.50. The van der Waals surface area contributed by atoms with E-state index < -0.39 is 18.2 Å². The van der Waals surface area contributed by atoms with E-state index in [-0.39, 0.29) is 6.42 Å². The number of esters is 1. The number of hydrogen-bond acceptors (Lipinski definition) is 3. The zero-order valence-corrected chi connectivity index (χ0v) is 12.8. The fourth-order valence-corrected chi connectivity index (χ4v) is 2.78. The van der Waals surface area contributed by atoms with Crippen LogP contribution in [-0.2, 0) is 22.4 Å². The molecule has 1 aliphatic heterocycles. The molecule has 0 spiro atoms. The topological polar surface area (TPSA) is 38.3 Å². The highest BCUT2D eigenvalue weighted by Gasteiger charge is 2.42. The lowest BCUT2D eigenvalue weighted by Gasteiger charge is -2.20. The Labute approximate surface area is 137 Å². The summed E-state index contributed by atoms with van der Waals surface area (Å²) >= 11 is 0. The van der Waals surface area contributed by atoms with Gasteiger partial charge in [0.15, 0.2) is 0 Å². The monoisotopic (exact) mass is 335 g/mol. The second-order valence-electron chi connectivity index (χ2n) is 5.67. The molecule has 0 aromatic heterocycles. The van der Waals surface area contributed by atoms with Crippen molar-refractivity contribution in [2.24, 2.45) is 0 Å². The Morgan fingerprint density at radius 3 is 2.62 bits per heavy atom. The Morgan fingerprint density at radius 1 is 1.17 bits per heavy atom. The summed E-state index contributed by atoms with van der Waals surface area (Å²) < 4.78 is 42.6. The summed E-state index contributed by atoms with van der Waals surface area (Å²) in [6, 6.07) is 14.3. The van der Waals surface area contributed by atoms with Gasteiger partial charge in [-0.3, -0.25) is 0 Å². The Bertz CT molecular complexity index is 729. The molecule has 6 heteroatoms. The summed E-state index contributed by atoms with van der Waals surface area (Å²) in [4.78, 5) is 11.3. The average molecular weight is 335 g/mol. The summed E-state index contributed by atoms with van der Waals surface area (Å²) in [5.74, 6) is -2.16. The number of nitrogens with one attached hydrogen (secondary N) is 1. The van der Waals surface area contributed by atoms with Crippen molar-refractivity contribution in [3.05, 3.63) is 65.2 Å². The third kappa shape index (κ3) is 3.69. The van der Waals surface area contributed by atoms with Crippen LogP contribution in [-0.4, -0.2) is 18.7 Å². The van der Waals surface area contributed by atoms with Crippen LogP contribution in [0.1, 0.15) is 22.8 Å². The Balaban J connectivity index is 1.88. The maximum atomic E-state index is 12.6. The fourth-order valence-electron chi connectivity index (χ4n) is 2.78. The summed E-state index contributed by atoms with van der Waals surface area (Å²) in [5.41, 5.74) is 3.36. The molecular weight excluding hydrogens is 319 g/mol. The summed E-state index contributed by atoms with van der Waals surface area (Å²) in [6.45, 7) is 0.796. The predicted molar refractivity (Wildman–Crippen MR) is 83.7 cm³/mol. The smallest absolute Gasteiger partial charge is 0.450 e. The van der Waals surface area contributed by atoms with E-state index in [4.69, 9.17) is 4.74 Å². The minimum Gasteiger partial charge on any atom is -0.450 e. The first-order valence-electron chi connectivity index (χ1n) is 7.62. The van der Waals surface area contributed by atoms with Gasteiger partial charge < -0.3 is 10.1 Å². The molecule has 0 aliphatic carbocycles. The number of rotatable bonds is 4. The second-order valence-corrected chi connectivity index (χ2v) is 5.67. The molecule has 24 heavy (non-hydrogen) atoms. The van der Waals surface area contributed by atoms with Gasteiger partial charge in [0.2, 0.25) is 0 Å². The molecule has 3 rings (SSSR count). The largest absolute Gasteiger partial charge is 0.490 e. The van der Waals surface area contributed by atoms with E-state index in [1.54, 1.807) is 30.3 Å². The van der Waals surface area contributed by atoms with Crippen molar-refractivity contribution in [3.8, 4) is 0 Å². The molecule has 2 aromatic carbocycles. The number of alkyl halides is 3. The molecule has 2 aromatic rings. The van der Waals surface area contributed by atoms with E-state index in [2.05, 4.69) is 5.32 Å². The van der Waals surface area contributed by atoms with E-state index in [1.807, 2.05) is 18.2 Å². The zero-order valence-electron chi connectivity index (χ0n) is 12.8. The number of ether oxygens (including phenoxy) is 1. The van der Waals surface area contributed by atoms with Crippen molar-refractivity contribution < 1.29 is 22.7 Å². The first-order valence-corrected chi connectivity index (χ1v) is 7.62. The highest BCUT2D eigenvalue weighted by atomic mass is 19.4. The van der Waals surface area contributed by atoms with Crippen LogP contribution in [0, 0.1) is 0 Å². The minimum atomic E-state index is -5.01. The van der Waals surface area contributed by atoms with Gasteiger partial charge in [-0.2, -0.15) is 13.2 Å². The molecular formula is C18H16F3NO2. The number of fused-ring (bicyclic) bond motifs is 1. The molecule has 0 fully saturated rings. The van der Waals surface area contributed by atoms with Crippen LogP contribution in [0.2, 0.25) is 0 Å². The fraction of sp³-hybridized carbons (Fsp3) is 0.278. The molecule has 0 saturated carbocycles. The number of benzene rings is 2. The van der Waals surface area contributed by atoms with Gasteiger partial charge in [0.05, 0.1) is 0 Å². The van der Waals surface area contributed by atoms with Crippen LogP contribution in [0.4, 0.5) is 18.9 Å². The van der Waals surface area contributed by atoms with Crippen LogP contribution in [0.3, 0.4) is 0 Å². The maximum Gasteiger partial charge on any atom is 0.490 e. The molecule has 1 atom stereocenters. The predicted octanol–water partition coefficient (Wildman–Crippen LogP) is 4.04. The van der Waals surface area contributed by atoms with Gasteiger partial charge in [-0.15, -0.1) is 0 Å². The number of carbonyl (C=O) groups excluding carboxylic acids is 1. The molecule has 1 N–H and O–H groups in total. The van der Waals surface area contributed by atoms with E-state index in [9.17, 15) is 18.0 Å². The van der Waals surface area contributed by atoms with Gasteiger partial charge in [-0.1, -0.05) is 36.4 Å². The molecule has 0 radical (unpaired) electrons. The molecule has 126 valence electrons. The highest BCUT2D eigenvalue weighted by molar-refractivity contribution is 5.76. The number of halogens is 3. The highest BCUT2D eigenvalue weighted by Crippen LogP contribution is 2.31. The standard InChI is InChI=1S/C18H16F3NO2/c19-18(20,21)17(23)24-16(10-12-4-2-1-3-5-12)14-6-7-15-13(11-14)8-9-22-15/h1-7,11,16,22H,8-10H2. The molecule has 1 unspecified atom stereocenters. The molecule has 1 heterocycles.